The molecule has 8 heteroatoms. The number of ether oxygens (including phenoxy) is 1. The van der Waals surface area contributed by atoms with E-state index in [-0.39, 0.29) is 18.3 Å². The molecule has 4 nitrogen and oxygen atoms in total. The number of alkyl halides is 4. The van der Waals surface area contributed by atoms with E-state index in [2.05, 4.69) is 15.4 Å². The molecule has 1 saturated heterocycles. The Kier molecular flexibility index (Phi) is 3.50. The fraction of sp³-hybridized carbons (Fsp3) is 0.364. The normalized spacial score (nSPS) is 19.2. The third-order valence-electron chi connectivity index (χ3n) is 2.54. The summed E-state index contributed by atoms with van der Waals surface area (Å²) < 4.78 is 53.5. The van der Waals surface area contributed by atoms with Gasteiger partial charge in [-0.15, -0.1) is 0 Å². The number of carbonyl (C=O) groups excluding carboxylic acids is 1. The van der Waals surface area contributed by atoms with Gasteiger partial charge in [0, 0.05) is 6.54 Å². The highest BCUT2D eigenvalue weighted by molar-refractivity contribution is 5.76. The Bertz CT molecular complexity index is 482. The van der Waals surface area contributed by atoms with Crippen LogP contribution < -0.4 is 15.4 Å². The van der Waals surface area contributed by atoms with Crippen LogP contribution in [-0.2, 0) is 0 Å². The Morgan fingerprint density at radius 1 is 1.37 bits per heavy atom. The van der Waals surface area contributed by atoms with Crippen molar-refractivity contribution >= 4 is 6.03 Å². The molecule has 0 bridgehead atoms. The van der Waals surface area contributed by atoms with Crippen LogP contribution in [0.1, 0.15) is 11.6 Å². The summed E-state index contributed by atoms with van der Waals surface area (Å²) in [6.07, 6.45) is -8.46. The molecule has 19 heavy (non-hydrogen) atoms. The number of carbonyl (C=O) groups is 1. The van der Waals surface area contributed by atoms with Crippen LogP contribution in [-0.4, -0.2) is 25.1 Å². The molecule has 1 atom stereocenters. The maximum atomic E-state index is 12.7. The van der Waals surface area contributed by atoms with E-state index >= 15 is 0 Å². The summed E-state index contributed by atoms with van der Waals surface area (Å²) in [6.45, 7) is 0.285. The quantitative estimate of drug-likeness (QED) is 0.830. The predicted molar refractivity (Wildman–Crippen MR) is 57.3 cm³/mol. The fourth-order valence-corrected chi connectivity index (χ4v) is 1.65. The average Bonchev–Trinajstić information content (AvgIpc) is 2.75. The summed E-state index contributed by atoms with van der Waals surface area (Å²) in [5.74, 6) is -0.385. The van der Waals surface area contributed by atoms with E-state index in [0.29, 0.717) is 5.56 Å². The topological polar surface area (TPSA) is 50.4 Å². The molecule has 2 rings (SSSR count). The molecule has 0 saturated carbocycles. The molecule has 0 aromatic heterocycles. The lowest BCUT2D eigenvalue weighted by Crippen LogP contribution is -2.33. The van der Waals surface area contributed by atoms with Crippen LogP contribution in [0, 0.1) is 0 Å². The molecule has 2 amide bonds. The molecule has 1 aliphatic heterocycles. The summed E-state index contributed by atoms with van der Waals surface area (Å²) in [6, 6.07) is 4.51. The lowest BCUT2D eigenvalue weighted by atomic mass is 10.1. The summed E-state index contributed by atoms with van der Waals surface area (Å²) in [7, 11) is 0. The largest absolute Gasteiger partial charge is 0.461 e. The van der Waals surface area contributed by atoms with Crippen molar-refractivity contribution in [3.63, 3.8) is 0 Å². The molecule has 104 valence electrons. The highest BCUT2D eigenvalue weighted by Crippen LogP contribution is 2.29. The highest BCUT2D eigenvalue weighted by atomic mass is 19.3. The molecule has 0 spiro atoms. The van der Waals surface area contributed by atoms with Crippen LogP contribution in [0.2, 0.25) is 0 Å². The van der Waals surface area contributed by atoms with E-state index < -0.39 is 18.6 Å². The fourth-order valence-electron chi connectivity index (χ4n) is 1.65. The van der Waals surface area contributed by atoms with E-state index in [0.717, 1.165) is 6.07 Å². The first-order valence-corrected chi connectivity index (χ1v) is 5.38. The summed E-state index contributed by atoms with van der Waals surface area (Å²) in [5, 5.41) is 5.04. The number of hydrogen-bond donors (Lipinski definition) is 2. The van der Waals surface area contributed by atoms with E-state index in [1.807, 2.05) is 0 Å². The second kappa shape index (κ2) is 4.94. The second-order valence-electron chi connectivity index (χ2n) is 3.94. The van der Waals surface area contributed by atoms with Gasteiger partial charge < -0.3 is 15.4 Å². The van der Waals surface area contributed by atoms with E-state index in [4.69, 9.17) is 0 Å². The third-order valence-corrected chi connectivity index (χ3v) is 2.54. The Hall–Kier alpha value is -1.99. The van der Waals surface area contributed by atoms with Crippen molar-refractivity contribution in [3.8, 4) is 5.75 Å². The van der Waals surface area contributed by atoms with Gasteiger partial charge in [0.1, 0.15) is 5.75 Å². The van der Waals surface area contributed by atoms with Crippen LogP contribution in [0.4, 0.5) is 22.4 Å². The van der Waals surface area contributed by atoms with Crippen molar-refractivity contribution in [3.05, 3.63) is 29.8 Å². The van der Waals surface area contributed by atoms with Crippen molar-refractivity contribution in [2.24, 2.45) is 0 Å². The monoisotopic (exact) mass is 278 g/mol. The zero-order valence-corrected chi connectivity index (χ0v) is 9.50. The van der Waals surface area contributed by atoms with Crippen molar-refractivity contribution < 1.29 is 27.1 Å². The standard InChI is InChI=1S/C11H10F4N2O2/c12-9(13)11(14,15)19-7-3-1-2-6(4-7)8-5-16-10(18)17-8/h1-4,8-9H,5H2,(H2,16,17,18)/t8-/m1/s1. The number of hydrogen-bond acceptors (Lipinski definition) is 2. The van der Waals surface area contributed by atoms with Crippen molar-refractivity contribution in [1.82, 2.24) is 10.6 Å². The maximum Gasteiger partial charge on any atom is 0.461 e. The van der Waals surface area contributed by atoms with Gasteiger partial charge in [-0.2, -0.15) is 17.6 Å². The number of nitrogens with one attached hydrogen (secondary N) is 2. The van der Waals surface area contributed by atoms with Gasteiger partial charge in [0.15, 0.2) is 0 Å². The number of halogens is 4. The molecule has 1 fully saturated rings. The molecular formula is C11H10F4N2O2. The van der Waals surface area contributed by atoms with Gasteiger partial charge in [0.2, 0.25) is 0 Å². The highest BCUT2D eigenvalue weighted by Gasteiger charge is 2.44. The van der Waals surface area contributed by atoms with Gasteiger partial charge in [-0.1, -0.05) is 12.1 Å². The summed E-state index contributed by atoms with van der Waals surface area (Å²) in [4.78, 5) is 11.0. The zero-order valence-electron chi connectivity index (χ0n) is 9.50. The molecule has 0 radical (unpaired) electrons. The maximum absolute atomic E-state index is 12.7. The first-order valence-electron chi connectivity index (χ1n) is 5.38. The van der Waals surface area contributed by atoms with E-state index in [9.17, 15) is 22.4 Å². The van der Waals surface area contributed by atoms with E-state index in [1.54, 1.807) is 6.07 Å². The molecule has 0 aliphatic carbocycles. The lowest BCUT2D eigenvalue weighted by Gasteiger charge is -2.18. The number of amides is 2. The van der Waals surface area contributed by atoms with Crippen molar-refractivity contribution in [1.29, 1.82) is 0 Å². The molecule has 0 unspecified atom stereocenters. The first kappa shape index (κ1) is 13.4. The van der Waals surface area contributed by atoms with Crippen LogP contribution in [0.25, 0.3) is 0 Å². The number of benzene rings is 1. The second-order valence-corrected chi connectivity index (χ2v) is 3.94. The molecule has 1 aromatic rings. The lowest BCUT2D eigenvalue weighted by molar-refractivity contribution is -0.253. The summed E-state index contributed by atoms with van der Waals surface area (Å²) >= 11 is 0. The average molecular weight is 278 g/mol. The first-order chi connectivity index (χ1) is 8.88. The number of rotatable bonds is 4. The van der Waals surface area contributed by atoms with Gasteiger partial charge in [-0.3, -0.25) is 0 Å². The Morgan fingerprint density at radius 3 is 2.68 bits per heavy atom. The Labute approximate surface area is 105 Å². The Morgan fingerprint density at radius 2 is 2.11 bits per heavy atom. The molecule has 1 aliphatic rings. The van der Waals surface area contributed by atoms with Crippen LogP contribution >= 0.6 is 0 Å². The van der Waals surface area contributed by atoms with Gasteiger partial charge in [0.25, 0.3) is 0 Å². The molecule has 1 heterocycles. The minimum Gasteiger partial charge on any atom is -0.428 e. The van der Waals surface area contributed by atoms with Crippen LogP contribution in [0.3, 0.4) is 0 Å². The SMILES string of the molecule is O=C1NC[C@H](c2cccc(OC(F)(F)C(F)F)c2)N1. The van der Waals surface area contributed by atoms with Gasteiger partial charge >= 0.3 is 18.6 Å². The minimum atomic E-state index is -4.55. The van der Waals surface area contributed by atoms with E-state index in [1.165, 1.54) is 12.1 Å². The summed E-state index contributed by atoms with van der Waals surface area (Å²) in [5.41, 5.74) is 0.487. The number of urea groups is 1. The predicted octanol–water partition coefficient (Wildman–Crippen LogP) is 2.28. The van der Waals surface area contributed by atoms with Gasteiger partial charge in [0.05, 0.1) is 6.04 Å². The smallest absolute Gasteiger partial charge is 0.428 e. The Balaban J connectivity index is 2.13. The van der Waals surface area contributed by atoms with Crippen molar-refractivity contribution in [2.45, 2.75) is 18.6 Å². The van der Waals surface area contributed by atoms with Gasteiger partial charge in [-0.25, -0.2) is 4.79 Å². The molecular weight excluding hydrogens is 268 g/mol. The van der Waals surface area contributed by atoms with Crippen LogP contribution in [0.5, 0.6) is 5.75 Å². The molecule has 2 N–H and O–H groups in total. The van der Waals surface area contributed by atoms with Crippen molar-refractivity contribution in [2.75, 3.05) is 6.54 Å². The zero-order chi connectivity index (χ0) is 14.0. The van der Waals surface area contributed by atoms with Gasteiger partial charge in [-0.05, 0) is 17.7 Å². The minimum absolute atomic E-state index is 0.285. The van der Waals surface area contributed by atoms with Crippen LogP contribution in [0.15, 0.2) is 24.3 Å². The molecule has 1 aromatic carbocycles. The third kappa shape index (κ3) is 3.07.